The topological polar surface area (TPSA) is 78.2 Å². The minimum atomic E-state index is -3.71. The third-order valence-corrected chi connectivity index (χ3v) is 5.17. The van der Waals surface area contributed by atoms with Gasteiger partial charge in [-0.25, -0.2) is 8.42 Å². The van der Waals surface area contributed by atoms with Crippen molar-refractivity contribution in [2.45, 2.75) is 44.6 Å². The third kappa shape index (κ3) is 4.13. The lowest BCUT2D eigenvalue weighted by molar-refractivity contribution is 0.0988. The number of nitrogens with zero attached hydrogens (tertiary/aromatic N) is 2. The molecule has 1 aromatic carbocycles. The lowest BCUT2D eigenvalue weighted by atomic mass is 10.1. The van der Waals surface area contributed by atoms with E-state index in [4.69, 9.17) is 5.26 Å². The highest BCUT2D eigenvalue weighted by Crippen LogP contribution is 2.20. The highest BCUT2D eigenvalue weighted by Gasteiger charge is 2.27. The average molecular weight is 308 g/mol. The van der Waals surface area contributed by atoms with Gasteiger partial charge in [0.15, 0.2) is 5.78 Å². The minimum absolute atomic E-state index is 0.0911. The number of sulfonamides is 1. The van der Waals surface area contributed by atoms with Crippen LogP contribution in [0.5, 0.6) is 0 Å². The van der Waals surface area contributed by atoms with Crippen molar-refractivity contribution in [1.82, 2.24) is 4.31 Å². The first-order valence-electron chi connectivity index (χ1n) is 6.86. The maximum Gasteiger partial charge on any atom is 0.243 e. The van der Waals surface area contributed by atoms with E-state index in [-0.39, 0.29) is 29.7 Å². The smallest absolute Gasteiger partial charge is 0.243 e. The highest BCUT2D eigenvalue weighted by atomic mass is 32.2. The van der Waals surface area contributed by atoms with Gasteiger partial charge in [0.25, 0.3) is 0 Å². The van der Waals surface area contributed by atoms with Crippen LogP contribution in [0.2, 0.25) is 0 Å². The number of carbonyl (C=O) groups excluding carboxylic acids is 1. The zero-order chi connectivity index (χ0) is 16.0. The Kier molecular flexibility index (Phi) is 6.06. The molecule has 5 nitrogen and oxygen atoms in total. The summed E-state index contributed by atoms with van der Waals surface area (Å²) >= 11 is 0. The van der Waals surface area contributed by atoms with Gasteiger partial charge >= 0.3 is 0 Å². The van der Waals surface area contributed by atoms with E-state index in [0.29, 0.717) is 12.0 Å². The zero-order valence-corrected chi connectivity index (χ0v) is 13.4. The molecule has 1 rings (SSSR count). The van der Waals surface area contributed by atoms with E-state index in [2.05, 4.69) is 0 Å². The normalized spacial score (nSPS) is 11.6. The molecule has 0 fully saturated rings. The van der Waals surface area contributed by atoms with Gasteiger partial charge in [-0.3, -0.25) is 4.79 Å². The van der Waals surface area contributed by atoms with Crippen molar-refractivity contribution in [3.63, 3.8) is 0 Å². The quantitative estimate of drug-likeness (QED) is 0.725. The number of Topliss-reactive ketones (excluding diaryl/α,β-unsaturated/α-hetero) is 1. The van der Waals surface area contributed by atoms with Crippen LogP contribution in [0, 0.1) is 11.3 Å². The molecule has 0 aliphatic carbocycles. The van der Waals surface area contributed by atoms with Crippen LogP contribution in [0.15, 0.2) is 29.2 Å². The molecule has 114 valence electrons. The maximum absolute atomic E-state index is 12.6. The fraction of sp³-hybridized carbons (Fsp3) is 0.467. The van der Waals surface area contributed by atoms with Crippen molar-refractivity contribution in [1.29, 1.82) is 5.26 Å². The molecular formula is C15H20N2O3S. The first kappa shape index (κ1) is 17.3. The molecule has 0 amide bonds. The second-order valence-electron chi connectivity index (χ2n) is 4.92. The molecule has 0 N–H and O–H groups in total. The second kappa shape index (κ2) is 7.34. The Morgan fingerprint density at radius 3 is 2.57 bits per heavy atom. The van der Waals surface area contributed by atoms with E-state index >= 15 is 0 Å². The van der Waals surface area contributed by atoms with Crippen LogP contribution in [0.4, 0.5) is 0 Å². The monoisotopic (exact) mass is 308 g/mol. The minimum Gasteiger partial charge on any atom is -0.294 e. The molecule has 0 saturated carbocycles. The van der Waals surface area contributed by atoms with Crippen LogP contribution < -0.4 is 0 Å². The number of rotatable bonds is 7. The first-order valence-corrected chi connectivity index (χ1v) is 8.30. The summed E-state index contributed by atoms with van der Waals surface area (Å²) in [6.07, 6.45) is 0.455. The first-order chi connectivity index (χ1) is 9.84. The van der Waals surface area contributed by atoms with Gasteiger partial charge in [-0.05, 0) is 26.0 Å². The summed E-state index contributed by atoms with van der Waals surface area (Å²) in [5, 5.41) is 8.67. The van der Waals surface area contributed by atoms with Gasteiger partial charge in [-0.2, -0.15) is 9.57 Å². The summed E-state index contributed by atoms with van der Waals surface area (Å²) in [4.78, 5) is 11.8. The summed E-state index contributed by atoms with van der Waals surface area (Å²) in [5.74, 6) is -0.0971. The van der Waals surface area contributed by atoms with Crippen LogP contribution in [-0.4, -0.2) is 31.1 Å². The molecule has 6 heteroatoms. The van der Waals surface area contributed by atoms with Crippen molar-refractivity contribution in [2.24, 2.45) is 0 Å². The van der Waals surface area contributed by atoms with Crippen molar-refractivity contribution < 1.29 is 13.2 Å². The fourth-order valence-corrected chi connectivity index (χ4v) is 3.67. The largest absolute Gasteiger partial charge is 0.294 e. The number of benzene rings is 1. The Bertz CT molecular complexity index is 645. The molecular weight excluding hydrogens is 288 g/mol. The molecule has 0 aliphatic heterocycles. The Labute approximate surface area is 126 Å². The van der Waals surface area contributed by atoms with E-state index in [1.54, 1.807) is 32.9 Å². The summed E-state index contributed by atoms with van der Waals surface area (Å²) in [7, 11) is -3.71. The lowest BCUT2D eigenvalue weighted by Gasteiger charge is -2.25. The standard InChI is InChI=1S/C15H20N2O3S/c1-4-15(18)13-7-5-8-14(11-13)21(19,20)17(12(2)3)10-6-9-16/h5,7-8,11-12H,4,6,10H2,1-3H3. The lowest BCUT2D eigenvalue weighted by Crippen LogP contribution is -2.37. The molecule has 0 aromatic heterocycles. The van der Waals surface area contributed by atoms with Crippen molar-refractivity contribution in [2.75, 3.05) is 6.54 Å². The average Bonchev–Trinajstić information content (AvgIpc) is 2.46. The summed E-state index contributed by atoms with van der Waals surface area (Å²) in [6, 6.07) is 7.76. The summed E-state index contributed by atoms with van der Waals surface area (Å²) < 4.78 is 26.6. The third-order valence-electron chi connectivity index (χ3n) is 3.10. The highest BCUT2D eigenvalue weighted by molar-refractivity contribution is 7.89. The molecule has 1 aromatic rings. The molecule has 0 atom stereocenters. The van der Waals surface area contributed by atoms with E-state index in [9.17, 15) is 13.2 Å². The predicted octanol–water partition coefficient (Wildman–Crippen LogP) is 2.59. The van der Waals surface area contributed by atoms with Crippen LogP contribution in [0.1, 0.15) is 44.0 Å². The number of ketones is 1. The Hall–Kier alpha value is -1.71. The number of hydrogen-bond donors (Lipinski definition) is 0. The van der Waals surface area contributed by atoms with Gasteiger partial charge in [0, 0.05) is 31.0 Å². The van der Waals surface area contributed by atoms with Crippen LogP contribution in [0.25, 0.3) is 0 Å². The molecule has 0 heterocycles. The Morgan fingerprint density at radius 1 is 1.38 bits per heavy atom. The van der Waals surface area contributed by atoms with Gasteiger partial charge < -0.3 is 0 Å². The summed E-state index contributed by atoms with van der Waals surface area (Å²) in [5.41, 5.74) is 0.391. The zero-order valence-electron chi connectivity index (χ0n) is 12.5. The Balaban J connectivity index is 3.22. The molecule has 0 bridgehead atoms. The molecule has 0 spiro atoms. The Morgan fingerprint density at radius 2 is 2.05 bits per heavy atom. The van der Waals surface area contributed by atoms with E-state index in [1.165, 1.54) is 16.4 Å². The van der Waals surface area contributed by atoms with Gasteiger partial charge in [0.2, 0.25) is 10.0 Å². The molecule has 21 heavy (non-hydrogen) atoms. The van der Waals surface area contributed by atoms with E-state index < -0.39 is 10.0 Å². The summed E-state index contributed by atoms with van der Waals surface area (Å²) in [6.45, 7) is 5.39. The van der Waals surface area contributed by atoms with E-state index in [0.717, 1.165) is 0 Å². The van der Waals surface area contributed by atoms with Crippen LogP contribution in [0.3, 0.4) is 0 Å². The van der Waals surface area contributed by atoms with Gasteiger partial charge in [-0.15, -0.1) is 0 Å². The van der Waals surface area contributed by atoms with Crippen LogP contribution >= 0.6 is 0 Å². The number of carbonyl (C=O) groups is 1. The predicted molar refractivity (Wildman–Crippen MR) is 80.3 cm³/mol. The van der Waals surface area contributed by atoms with Crippen molar-refractivity contribution >= 4 is 15.8 Å². The molecule has 0 unspecified atom stereocenters. The van der Waals surface area contributed by atoms with Crippen LogP contribution in [-0.2, 0) is 10.0 Å². The van der Waals surface area contributed by atoms with E-state index in [1.807, 2.05) is 6.07 Å². The fourth-order valence-electron chi connectivity index (χ4n) is 1.99. The second-order valence-corrected chi connectivity index (χ2v) is 6.81. The van der Waals surface area contributed by atoms with Crippen molar-refractivity contribution in [3.8, 4) is 6.07 Å². The molecule has 0 saturated heterocycles. The van der Waals surface area contributed by atoms with Gasteiger partial charge in [0.1, 0.15) is 0 Å². The molecule has 0 aliphatic rings. The SMILES string of the molecule is CCC(=O)c1cccc(S(=O)(=O)N(CCC#N)C(C)C)c1. The number of nitriles is 1. The van der Waals surface area contributed by atoms with Gasteiger partial charge in [-0.1, -0.05) is 19.1 Å². The van der Waals surface area contributed by atoms with Crippen molar-refractivity contribution in [3.05, 3.63) is 29.8 Å². The number of hydrogen-bond acceptors (Lipinski definition) is 4. The molecule has 0 radical (unpaired) electrons. The maximum atomic E-state index is 12.6. The van der Waals surface area contributed by atoms with Gasteiger partial charge in [0.05, 0.1) is 11.0 Å².